The maximum atomic E-state index is 11.8. The summed E-state index contributed by atoms with van der Waals surface area (Å²) in [6.45, 7) is 0. The Balaban J connectivity index is 3.60. The predicted molar refractivity (Wildman–Crippen MR) is 34.5 cm³/mol. The summed E-state index contributed by atoms with van der Waals surface area (Å²) in [5, 5.41) is 0.402. The van der Waals surface area contributed by atoms with Crippen LogP contribution in [0.5, 0.6) is 0 Å². The maximum absolute atomic E-state index is 11.8. The van der Waals surface area contributed by atoms with Gasteiger partial charge >= 0.3 is 0 Å². The predicted octanol–water partition coefficient (Wildman–Crippen LogP) is 0.0752. The van der Waals surface area contributed by atoms with Crippen LogP contribution in [0.3, 0.4) is 0 Å². The van der Waals surface area contributed by atoms with Crippen molar-refractivity contribution in [3.05, 3.63) is 24.2 Å². The summed E-state index contributed by atoms with van der Waals surface area (Å²) in [5.41, 5.74) is 10.1. The van der Waals surface area contributed by atoms with Crippen molar-refractivity contribution in [2.45, 2.75) is 0 Å². The third-order valence-electron chi connectivity index (χ3n) is 0.580. The highest BCUT2D eigenvalue weighted by atomic mass is 19.2. The molecule has 0 bridgehead atoms. The first-order valence-corrected chi connectivity index (χ1v) is 2.41. The highest BCUT2D eigenvalue weighted by molar-refractivity contribution is 5.05. The van der Waals surface area contributed by atoms with E-state index in [9.17, 15) is 4.48 Å². The Kier molecular flexibility index (Phi) is 3.27. The van der Waals surface area contributed by atoms with E-state index in [1.54, 1.807) is 0 Å². The average Bonchev–Trinajstić information content (AvgIpc) is 1.63. The molecule has 0 aliphatic carbocycles. The van der Waals surface area contributed by atoms with Crippen LogP contribution in [-0.4, -0.2) is 12.2 Å². The lowest BCUT2D eigenvalue weighted by Crippen LogP contribution is -2.06. The fraction of sp³-hybridized carbons (Fsp3) is 0.200. The minimum Gasteiger partial charge on any atom is -0.386 e. The molecular formula is C5H10FN3. The van der Waals surface area contributed by atoms with Crippen LogP contribution in [0.25, 0.3) is 0 Å². The van der Waals surface area contributed by atoms with Gasteiger partial charge in [-0.25, -0.2) is 5.12 Å². The van der Waals surface area contributed by atoms with Crippen LogP contribution in [-0.2, 0) is 0 Å². The molecule has 0 amide bonds. The van der Waals surface area contributed by atoms with Gasteiger partial charge in [-0.3, -0.25) is 0 Å². The van der Waals surface area contributed by atoms with Crippen molar-refractivity contribution >= 4 is 0 Å². The number of hydrogen-bond acceptors (Lipinski definition) is 3. The van der Waals surface area contributed by atoms with Crippen LogP contribution in [0.1, 0.15) is 0 Å². The van der Waals surface area contributed by atoms with Crippen LogP contribution in [0, 0.1) is 0 Å². The summed E-state index contributed by atoms with van der Waals surface area (Å²) < 4.78 is 11.8. The molecule has 0 aromatic carbocycles. The van der Waals surface area contributed by atoms with Gasteiger partial charge in [0.25, 0.3) is 0 Å². The molecule has 0 rings (SSSR count). The standard InChI is InChI=1S/C5H10FN3/c1-9(6)4-2-3-5(7)8/h2-4H,7-8H2,1H3/b4-2-. The highest BCUT2D eigenvalue weighted by Crippen LogP contribution is 1.83. The van der Waals surface area contributed by atoms with E-state index in [2.05, 4.69) is 0 Å². The first-order valence-electron chi connectivity index (χ1n) is 2.41. The second kappa shape index (κ2) is 3.77. The van der Waals surface area contributed by atoms with E-state index in [0.717, 1.165) is 0 Å². The zero-order valence-corrected chi connectivity index (χ0v) is 5.21. The number of halogens is 1. The van der Waals surface area contributed by atoms with Crippen molar-refractivity contribution in [3.63, 3.8) is 0 Å². The molecule has 52 valence electrons. The second-order valence-electron chi connectivity index (χ2n) is 1.53. The second-order valence-corrected chi connectivity index (χ2v) is 1.53. The zero-order chi connectivity index (χ0) is 7.28. The lowest BCUT2D eigenvalue weighted by atomic mass is 10.5. The molecule has 0 unspecified atom stereocenters. The SMILES string of the molecule is CN(F)/C=C\C=C(N)N. The van der Waals surface area contributed by atoms with Crippen LogP contribution in [0.4, 0.5) is 4.48 Å². The molecule has 0 aliphatic heterocycles. The lowest BCUT2D eigenvalue weighted by molar-refractivity contribution is 0.128. The largest absolute Gasteiger partial charge is 0.386 e. The van der Waals surface area contributed by atoms with Crippen molar-refractivity contribution in [2.75, 3.05) is 7.05 Å². The lowest BCUT2D eigenvalue weighted by Gasteiger charge is -1.93. The van der Waals surface area contributed by atoms with Crippen molar-refractivity contribution < 1.29 is 4.48 Å². The maximum Gasteiger partial charge on any atom is 0.0934 e. The summed E-state index contributed by atoms with van der Waals surface area (Å²) in [4.78, 5) is 0. The number of allylic oxidation sites excluding steroid dienone is 2. The van der Waals surface area contributed by atoms with Gasteiger partial charge in [0.05, 0.1) is 5.82 Å². The Morgan fingerprint density at radius 2 is 2.11 bits per heavy atom. The molecule has 0 saturated carbocycles. The first kappa shape index (κ1) is 7.81. The van der Waals surface area contributed by atoms with E-state index < -0.39 is 0 Å². The van der Waals surface area contributed by atoms with Gasteiger partial charge in [-0.15, -0.1) is 4.48 Å². The molecule has 4 heteroatoms. The molecule has 0 aromatic heterocycles. The number of hydrogen-bond donors (Lipinski definition) is 2. The van der Waals surface area contributed by atoms with Crippen LogP contribution in [0.15, 0.2) is 24.2 Å². The fourth-order valence-corrected chi connectivity index (χ4v) is 0.273. The van der Waals surface area contributed by atoms with E-state index in [-0.39, 0.29) is 5.82 Å². The smallest absolute Gasteiger partial charge is 0.0934 e. The molecule has 0 atom stereocenters. The van der Waals surface area contributed by atoms with Crippen molar-refractivity contribution in [1.29, 1.82) is 0 Å². The van der Waals surface area contributed by atoms with Crippen molar-refractivity contribution in [2.24, 2.45) is 11.5 Å². The summed E-state index contributed by atoms with van der Waals surface area (Å²) >= 11 is 0. The van der Waals surface area contributed by atoms with Gasteiger partial charge in [0.2, 0.25) is 0 Å². The van der Waals surface area contributed by atoms with Crippen LogP contribution >= 0.6 is 0 Å². The molecule has 3 nitrogen and oxygen atoms in total. The van der Waals surface area contributed by atoms with Gasteiger partial charge in [-0.05, 0) is 12.2 Å². The summed E-state index contributed by atoms with van der Waals surface area (Å²) in [5.74, 6) is 0.160. The summed E-state index contributed by atoms with van der Waals surface area (Å²) in [6, 6.07) is 0. The van der Waals surface area contributed by atoms with Gasteiger partial charge in [-0.2, -0.15) is 0 Å². The molecular weight excluding hydrogens is 121 g/mol. The number of rotatable bonds is 2. The Morgan fingerprint density at radius 3 is 2.44 bits per heavy atom. The van der Waals surface area contributed by atoms with E-state index >= 15 is 0 Å². The van der Waals surface area contributed by atoms with Crippen LogP contribution < -0.4 is 11.5 Å². The van der Waals surface area contributed by atoms with E-state index in [1.165, 1.54) is 25.4 Å². The number of nitrogens with zero attached hydrogens (tertiary/aromatic N) is 1. The highest BCUT2D eigenvalue weighted by Gasteiger charge is 1.76. The Labute approximate surface area is 53.4 Å². The molecule has 0 saturated heterocycles. The molecule has 0 spiro atoms. The van der Waals surface area contributed by atoms with E-state index in [4.69, 9.17) is 11.5 Å². The van der Waals surface area contributed by atoms with Gasteiger partial charge in [0.15, 0.2) is 0 Å². The topological polar surface area (TPSA) is 55.3 Å². The summed E-state index contributed by atoms with van der Waals surface area (Å²) in [7, 11) is 1.26. The Hall–Kier alpha value is -1.19. The fourth-order valence-electron chi connectivity index (χ4n) is 0.273. The third-order valence-corrected chi connectivity index (χ3v) is 0.580. The minimum absolute atomic E-state index is 0.160. The quantitative estimate of drug-likeness (QED) is 0.412. The van der Waals surface area contributed by atoms with Gasteiger partial charge in [0, 0.05) is 13.2 Å². The molecule has 0 aromatic rings. The molecule has 0 heterocycles. The van der Waals surface area contributed by atoms with Gasteiger partial charge in [0.1, 0.15) is 0 Å². The average molecular weight is 131 g/mol. The normalized spacial score (nSPS) is 9.56. The van der Waals surface area contributed by atoms with Crippen molar-refractivity contribution in [3.8, 4) is 0 Å². The molecule has 0 radical (unpaired) electrons. The van der Waals surface area contributed by atoms with Crippen molar-refractivity contribution in [1.82, 2.24) is 5.12 Å². The Bertz CT molecular complexity index is 124. The monoisotopic (exact) mass is 131 g/mol. The molecule has 9 heavy (non-hydrogen) atoms. The molecule has 0 aliphatic rings. The molecule has 0 fully saturated rings. The van der Waals surface area contributed by atoms with E-state index in [1.807, 2.05) is 0 Å². The number of nitrogens with two attached hydrogens (primary N) is 2. The van der Waals surface area contributed by atoms with E-state index in [0.29, 0.717) is 5.12 Å². The third kappa shape index (κ3) is 6.81. The molecule has 4 N–H and O–H groups in total. The first-order chi connectivity index (χ1) is 4.13. The minimum atomic E-state index is 0.160. The summed E-state index contributed by atoms with van der Waals surface area (Å²) in [6.07, 6.45) is 4.01. The Morgan fingerprint density at radius 1 is 1.56 bits per heavy atom. The van der Waals surface area contributed by atoms with Gasteiger partial charge < -0.3 is 11.5 Å². The van der Waals surface area contributed by atoms with Gasteiger partial charge in [-0.1, -0.05) is 0 Å². The zero-order valence-electron chi connectivity index (χ0n) is 5.21. The van der Waals surface area contributed by atoms with Crippen LogP contribution in [0.2, 0.25) is 0 Å².